The van der Waals surface area contributed by atoms with E-state index >= 15 is 0 Å². The van der Waals surface area contributed by atoms with Crippen LogP contribution in [0.1, 0.15) is 17.3 Å². The smallest absolute Gasteiger partial charge is 0.335 e. The molecule has 3 rings (SSSR count). The number of benzene rings is 2. The number of anilines is 1. The van der Waals surface area contributed by atoms with Crippen LogP contribution >= 0.6 is 0 Å². The number of aromatic carboxylic acids is 1. The Bertz CT molecular complexity index is 845. The summed E-state index contributed by atoms with van der Waals surface area (Å²) in [4.78, 5) is 11.0. The van der Waals surface area contributed by atoms with Crippen LogP contribution in [0, 0.1) is 0 Å². The van der Waals surface area contributed by atoms with Gasteiger partial charge in [-0.05, 0) is 43.3 Å². The Morgan fingerprint density at radius 1 is 1.17 bits per heavy atom. The van der Waals surface area contributed by atoms with Crippen molar-refractivity contribution < 1.29 is 23.1 Å². The van der Waals surface area contributed by atoms with Crippen LogP contribution in [-0.4, -0.2) is 32.1 Å². The van der Waals surface area contributed by atoms with Gasteiger partial charge in [0.05, 0.1) is 22.2 Å². The van der Waals surface area contributed by atoms with Gasteiger partial charge in [0, 0.05) is 0 Å². The molecule has 7 heteroatoms. The van der Waals surface area contributed by atoms with Crippen molar-refractivity contribution in [1.29, 1.82) is 0 Å². The molecule has 6 nitrogen and oxygen atoms in total. The van der Waals surface area contributed by atoms with Crippen molar-refractivity contribution in [2.24, 2.45) is 0 Å². The first-order chi connectivity index (χ1) is 10.9. The molecule has 2 aromatic rings. The molecule has 0 spiro atoms. The number of rotatable bonds is 3. The van der Waals surface area contributed by atoms with Gasteiger partial charge in [-0.25, -0.2) is 13.2 Å². The molecule has 1 unspecified atom stereocenters. The molecule has 0 fully saturated rings. The van der Waals surface area contributed by atoms with Crippen LogP contribution in [0.25, 0.3) is 0 Å². The summed E-state index contributed by atoms with van der Waals surface area (Å²) in [7, 11) is -3.81. The molecule has 0 saturated carbocycles. The van der Waals surface area contributed by atoms with Crippen molar-refractivity contribution in [3.8, 4) is 5.75 Å². The molecule has 0 amide bonds. The Kier molecular flexibility index (Phi) is 3.73. The van der Waals surface area contributed by atoms with Crippen LogP contribution in [0.4, 0.5) is 5.69 Å². The van der Waals surface area contributed by atoms with Gasteiger partial charge in [-0.1, -0.05) is 12.1 Å². The molecule has 0 aromatic heterocycles. The molecule has 0 saturated heterocycles. The average Bonchev–Trinajstić information content (AvgIpc) is 2.54. The summed E-state index contributed by atoms with van der Waals surface area (Å²) in [5.41, 5.74) is 0.521. The lowest BCUT2D eigenvalue weighted by Crippen LogP contribution is -2.44. The number of carboxylic acid groups (broad SMARTS) is 1. The summed E-state index contributed by atoms with van der Waals surface area (Å²) in [5.74, 6) is -0.588. The van der Waals surface area contributed by atoms with Gasteiger partial charge in [0.15, 0.2) is 0 Å². The number of ether oxygens (including phenoxy) is 1. The van der Waals surface area contributed by atoms with Crippen LogP contribution in [0.2, 0.25) is 0 Å². The molecule has 1 heterocycles. The van der Waals surface area contributed by atoms with E-state index in [1.54, 1.807) is 31.2 Å². The van der Waals surface area contributed by atoms with Crippen molar-refractivity contribution in [2.45, 2.75) is 17.9 Å². The zero-order chi connectivity index (χ0) is 16.6. The first-order valence-corrected chi connectivity index (χ1v) is 8.45. The highest BCUT2D eigenvalue weighted by atomic mass is 32.2. The van der Waals surface area contributed by atoms with Crippen molar-refractivity contribution in [3.05, 3.63) is 54.1 Å². The molecule has 1 aliphatic heterocycles. The molecule has 1 N–H and O–H groups in total. The van der Waals surface area contributed by atoms with Crippen LogP contribution < -0.4 is 9.04 Å². The summed E-state index contributed by atoms with van der Waals surface area (Å²) >= 11 is 0. The highest BCUT2D eigenvalue weighted by Crippen LogP contribution is 2.37. The maximum Gasteiger partial charge on any atom is 0.335 e. The molecule has 0 aliphatic carbocycles. The first-order valence-electron chi connectivity index (χ1n) is 7.01. The summed E-state index contributed by atoms with van der Waals surface area (Å²) < 4.78 is 32.8. The quantitative estimate of drug-likeness (QED) is 0.932. The van der Waals surface area contributed by atoms with E-state index in [1.807, 2.05) is 0 Å². The van der Waals surface area contributed by atoms with Gasteiger partial charge in [-0.2, -0.15) is 0 Å². The highest BCUT2D eigenvalue weighted by molar-refractivity contribution is 7.92. The van der Waals surface area contributed by atoms with Crippen molar-refractivity contribution in [2.75, 3.05) is 10.9 Å². The van der Waals surface area contributed by atoms with Crippen LogP contribution in [-0.2, 0) is 10.0 Å². The van der Waals surface area contributed by atoms with E-state index in [0.717, 1.165) is 0 Å². The first kappa shape index (κ1) is 15.4. The number of sulfonamides is 1. The van der Waals surface area contributed by atoms with Gasteiger partial charge < -0.3 is 9.84 Å². The standard InChI is InChI=1S/C16H15NO5S/c1-11-10-22-15-5-3-2-4-14(15)17(11)23(20,21)13-8-6-12(7-9-13)16(18)19/h2-9,11H,10H2,1H3,(H,18,19). The minimum absolute atomic E-state index is 0.0411. The Hall–Kier alpha value is -2.54. The molecular weight excluding hydrogens is 318 g/mol. The third-order valence-electron chi connectivity index (χ3n) is 3.64. The average molecular weight is 333 g/mol. The second kappa shape index (κ2) is 5.58. The predicted molar refractivity (Wildman–Crippen MR) is 84.5 cm³/mol. The summed E-state index contributed by atoms with van der Waals surface area (Å²) in [6.07, 6.45) is 0. The number of para-hydroxylation sites is 2. The Morgan fingerprint density at radius 2 is 1.83 bits per heavy atom. The van der Waals surface area contributed by atoms with Crippen LogP contribution in [0.5, 0.6) is 5.75 Å². The maximum atomic E-state index is 13.0. The lowest BCUT2D eigenvalue weighted by atomic mass is 10.2. The molecule has 0 radical (unpaired) electrons. The van der Waals surface area contributed by atoms with Crippen molar-refractivity contribution in [1.82, 2.24) is 0 Å². The van der Waals surface area contributed by atoms with Gasteiger partial charge in [0.25, 0.3) is 10.0 Å². The molecule has 120 valence electrons. The van der Waals surface area contributed by atoms with E-state index in [2.05, 4.69) is 0 Å². The van der Waals surface area contributed by atoms with Gasteiger partial charge in [0.2, 0.25) is 0 Å². The van der Waals surface area contributed by atoms with Gasteiger partial charge in [-0.15, -0.1) is 0 Å². The van der Waals surface area contributed by atoms with E-state index in [0.29, 0.717) is 11.4 Å². The van der Waals surface area contributed by atoms with E-state index in [9.17, 15) is 13.2 Å². The van der Waals surface area contributed by atoms with E-state index < -0.39 is 16.0 Å². The van der Waals surface area contributed by atoms with Gasteiger partial charge in [0.1, 0.15) is 12.4 Å². The minimum atomic E-state index is -3.81. The number of hydrogen-bond acceptors (Lipinski definition) is 4. The van der Waals surface area contributed by atoms with E-state index in [1.165, 1.54) is 28.6 Å². The zero-order valence-electron chi connectivity index (χ0n) is 12.3. The highest BCUT2D eigenvalue weighted by Gasteiger charge is 2.34. The van der Waals surface area contributed by atoms with Gasteiger partial charge in [-0.3, -0.25) is 4.31 Å². The number of carbonyl (C=O) groups is 1. The van der Waals surface area contributed by atoms with Crippen LogP contribution in [0.3, 0.4) is 0 Å². The van der Waals surface area contributed by atoms with E-state index in [4.69, 9.17) is 9.84 Å². The summed E-state index contributed by atoms with van der Waals surface area (Å²) in [6, 6.07) is 11.8. The fourth-order valence-electron chi connectivity index (χ4n) is 2.53. The monoisotopic (exact) mass is 333 g/mol. The predicted octanol–water partition coefficient (Wildman–Crippen LogP) is 2.36. The fraction of sp³-hybridized carbons (Fsp3) is 0.188. The summed E-state index contributed by atoms with van der Waals surface area (Å²) in [5, 5.41) is 8.92. The number of hydrogen-bond donors (Lipinski definition) is 1. The lowest BCUT2D eigenvalue weighted by Gasteiger charge is -2.35. The zero-order valence-corrected chi connectivity index (χ0v) is 13.2. The lowest BCUT2D eigenvalue weighted by molar-refractivity contribution is 0.0696. The number of fused-ring (bicyclic) bond motifs is 1. The molecule has 1 atom stereocenters. The van der Waals surface area contributed by atoms with Gasteiger partial charge >= 0.3 is 5.97 Å². The van der Waals surface area contributed by atoms with E-state index in [-0.39, 0.29) is 23.1 Å². The Balaban J connectivity index is 2.07. The van der Waals surface area contributed by atoms with Crippen molar-refractivity contribution in [3.63, 3.8) is 0 Å². The number of carboxylic acids is 1. The molecule has 0 bridgehead atoms. The maximum absolute atomic E-state index is 13.0. The third kappa shape index (κ3) is 2.63. The molecular formula is C16H15NO5S. The molecule has 1 aliphatic rings. The minimum Gasteiger partial charge on any atom is -0.489 e. The fourth-order valence-corrected chi connectivity index (χ4v) is 4.18. The number of nitrogens with zero attached hydrogens (tertiary/aromatic N) is 1. The molecule has 23 heavy (non-hydrogen) atoms. The second-order valence-electron chi connectivity index (χ2n) is 5.26. The SMILES string of the molecule is CC1COc2ccccc2N1S(=O)(=O)c1ccc(C(=O)O)cc1. The molecule has 2 aromatic carbocycles. The second-order valence-corrected chi connectivity index (χ2v) is 7.07. The third-order valence-corrected chi connectivity index (χ3v) is 5.58. The topological polar surface area (TPSA) is 83.9 Å². The summed E-state index contributed by atoms with van der Waals surface area (Å²) in [6.45, 7) is 2.02. The van der Waals surface area contributed by atoms with Crippen LogP contribution in [0.15, 0.2) is 53.4 Å². The largest absolute Gasteiger partial charge is 0.489 e. The normalized spacial score (nSPS) is 17.3. The van der Waals surface area contributed by atoms with Crippen molar-refractivity contribution >= 4 is 21.7 Å². The Morgan fingerprint density at radius 3 is 2.48 bits per heavy atom. The Labute approximate surface area is 134 Å².